The molecule has 0 amide bonds. The highest BCUT2D eigenvalue weighted by molar-refractivity contribution is 7.86. The first-order chi connectivity index (χ1) is 19.2. The maximum Gasteiger partial charge on any atom is 0.297 e. The summed E-state index contributed by atoms with van der Waals surface area (Å²) in [6.45, 7) is 6.59. The fraction of sp³-hybridized carbons (Fsp3) is 0.235. The van der Waals surface area contributed by atoms with E-state index in [0.29, 0.717) is 6.54 Å². The average molecular weight is 552 g/mol. The first kappa shape index (κ1) is 26.4. The SMILES string of the molecule is Cc1ccc(S(=O)(=O)OCCN2c3ccccc3C(C)(C)C23C=Cc2cc(Cc4ccccc4)ccc2O3)cc1. The number of rotatable bonds is 7. The molecule has 0 aromatic heterocycles. The number of benzene rings is 4. The van der Waals surface area contributed by atoms with Crippen molar-refractivity contribution < 1.29 is 17.3 Å². The van der Waals surface area contributed by atoms with E-state index in [0.717, 1.165) is 34.5 Å². The average Bonchev–Trinajstić information content (AvgIpc) is 3.12. The molecule has 0 saturated heterocycles. The summed E-state index contributed by atoms with van der Waals surface area (Å²) in [6, 6.07) is 31.7. The van der Waals surface area contributed by atoms with Crippen LogP contribution in [-0.4, -0.2) is 27.3 Å². The Morgan fingerprint density at radius 2 is 1.57 bits per heavy atom. The van der Waals surface area contributed by atoms with Gasteiger partial charge < -0.3 is 9.64 Å². The Bertz CT molecular complexity index is 1680. The van der Waals surface area contributed by atoms with E-state index in [2.05, 4.69) is 85.5 Å². The van der Waals surface area contributed by atoms with Crippen LogP contribution in [0.15, 0.2) is 108 Å². The lowest BCUT2D eigenvalue weighted by atomic mass is 9.76. The Kier molecular flexibility index (Phi) is 6.56. The Hall–Kier alpha value is -3.87. The van der Waals surface area contributed by atoms with Crippen LogP contribution in [-0.2, 0) is 26.1 Å². The third kappa shape index (κ3) is 4.51. The minimum absolute atomic E-state index is 0.0115. The quantitative estimate of drug-likeness (QED) is 0.234. The van der Waals surface area contributed by atoms with Crippen LogP contribution in [0.3, 0.4) is 0 Å². The van der Waals surface area contributed by atoms with Gasteiger partial charge in [0.1, 0.15) is 5.75 Å². The molecule has 6 heteroatoms. The molecule has 2 heterocycles. The van der Waals surface area contributed by atoms with Crippen molar-refractivity contribution in [2.45, 2.75) is 43.2 Å². The highest BCUT2D eigenvalue weighted by atomic mass is 32.2. The van der Waals surface area contributed by atoms with Gasteiger partial charge in [0, 0.05) is 17.8 Å². The number of hydrogen-bond acceptors (Lipinski definition) is 5. The monoisotopic (exact) mass is 551 g/mol. The summed E-state index contributed by atoms with van der Waals surface area (Å²) >= 11 is 0. The van der Waals surface area contributed by atoms with E-state index in [1.807, 2.05) is 25.1 Å². The normalized spacial score (nSPS) is 18.8. The van der Waals surface area contributed by atoms with E-state index in [-0.39, 0.29) is 11.5 Å². The molecule has 4 aromatic carbocycles. The fourth-order valence-electron chi connectivity index (χ4n) is 5.89. The van der Waals surface area contributed by atoms with E-state index in [4.69, 9.17) is 8.92 Å². The van der Waals surface area contributed by atoms with E-state index < -0.39 is 21.3 Å². The molecule has 0 N–H and O–H groups in total. The molecule has 1 spiro atoms. The molecule has 0 fully saturated rings. The predicted octanol–water partition coefficient (Wildman–Crippen LogP) is 6.89. The predicted molar refractivity (Wildman–Crippen MR) is 159 cm³/mol. The molecular weight excluding hydrogens is 518 g/mol. The number of hydrogen-bond donors (Lipinski definition) is 0. The number of ether oxygens (including phenoxy) is 1. The number of nitrogens with zero attached hydrogens (tertiary/aromatic N) is 1. The van der Waals surface area contributed by atoms with Crippen molar-refractivity contribution in [1.82, 2.24) is 0 Å². The maximum absolute atomic E-state index is 12.9. The van der Waals surface area contributed by atoms with Gasteiger partial charge in [-0.1, -0.05) is 72.3 Å². The van der Waals surface area contributed by atoms with Crippen LogP contribution in [0.1, 0.15) is 41.7 Å². The lowest BCUT2D eigenvalue weighted by Crippen LogP contribution is -2.60. The van der Waals surface area contributed by atoms with Crippen molar-refractivity contribution >= 4 is 21.9 Å². The maximum atomic E-state index is 12.9. The molecule has 6 rings (SSSR count). The lowest BCUT2D eigenvalue weighted by molar-refractivity contribution is 0.0513. The second-order valence-corrected chi connectivity index (χ2v) is 12.7. The molecule has 0 bridgehead atoms. The van der Waals surface area contributed by atoms with E-state index >= 15 is 0 Å². The summed E-state index contributed by atoms with van der Waals surface area (Å²) in [5.41, 5.74) is 5.39. The fourth-order valence-corrected chi connectivity index (χ4v) is 6.79. The standard InChI is InChI=1S/C34H33NO4S/c1-25-13-16-29(17-14-25)40(36,37)38-22-21-35-31-12-8-7-11-30(31)33(2,3)34(35)20-19-28-24-27(15-18-32(28)39-34)23-26-9-5-4-6-10-26/h4-20,24H,21-23H2,1-3H3. The third-order valence-corrected chi connectivity index (χ3v) is 9.43. The van der Waals surface area contributed by atoms with Gasteiger partial charge in [0.15, 0.2) is 0 Å². The third-order valence-electron chi connectivity index (χ3n) is 8.11. The Morgan fingerprint density at radius 3 is 2.35 bits per heavy atom. The Labute approximate surface area is 236 Å². The van der Waals surface area contributed by atoms with Crippen LogP contribution >= 0.6 is 0 Å². The van der Waals surface area contributed by atoms with Crippen molar-refractivity contribution in [2.24, 2.45) is 0 Å². The zero-order chi connectivity index (χ0) is 28.0. The van der Waals surface area contributed by atoms with Crippen LogP contribution in [0.2, 0.25) is 0 Å². The van der Waals surface area contributed by atoms with Gasteiger partial charge in [-0.05, 0) is 86.4 Å². The summed E-state index contributed by atoms with van der Waals surface area (Å²) in [5.74, 6) is 0.804. The summed E-state index contributed by atoms with van der Waals surface area (Å²) in [6.07, 6.45) is 5.11. The Morgan fingerprint density at radius 1 is 0.850 bits per heavy atom. The van der Waals surface area contributed by atoms with Crippen LogP contribution < -0.4 is 9.64 Å². The van der Waals surface area contributed by atoms with Gasteiger partial charge in [0.05, 0.1) is 16.9 Å². The lowest BCUT2D eigenvalue weighted by Gasteiger charge is -2.47. The first-order valence-electron chi connectivity index (χ1n) is 13.6. The summed E-state index contributed by atoms with van der Waals surface area (Å²) in [4.78, 5) is 2.30. The van der Waals surface area contributed by atoms with E-state index in [9.17, 15) is 8.42 Å². The zero-order valence-electron chi connectivity index (χ0n) is 23.0. The zero-order valence-corrected chi connectivity index (χ0v) is 23.8. The first-order valence-corrected chi connectivity index (χ1v) is 15.0. The molecule has 4 aromatic rings. The van der Waals surface area contributed by atoms with E-state index in [1.54, 1.807) is 24.3 Å². The number of para-hydroxylation sites is 1. The van der Waals surface area contributed by atoms with Crippen molar-refractivity contribution in [3.63, 3.8) is 0 Å². The van der Waals surface area contributed by atoms with Crippen LogP contribution in [0.5, 0.6) is 5.75 Å². The highest BCUT2D eigenvalue weighted by Crippen LogP contribution is 2.54. The van der Waals surface area contributed by atoms with Crippen LogP contribution in [0.4, 0.5) is 5.69 Å². The molecular formula is C34H33NO4S. The number of fused-ring (bicyclic) bond motifs is 2. The molecule has 1 unspecified atom stereocenters. The molecule has 2 aliphatic heterocycles. The van der Waals surface area contributed by atoms with Crippen molar-refractivity contribution in [2.75, 3.05) is 18.1 Å². The highest BCUT2D eigenvalue weighted by Gasteiger charge is 2.58. The minimum Gasteiger partial charge on any atom is -0.463 e. The van der Waals surface area contributed by atoms with Crippen molar-refractivity contribution in [3.8, 4) is 5.75 Å². The van der Waals surface area contributed by atoms with Crippen molar-refractivity contribution in [1.29, 1.82) is 0 Å². The van der Waals surface area contributed by atoms with Gasteiger partial charge in [0.2, 0.25) is 5.72 Å². The van der Waals surface area contributed by atoms with Gasteiger partial charge in [-0.2, -0.15) is 8.42 Å². The molecule has 1 atom stereocenters. The molecule has 2 aliphatic rings. The minimum atomic E-state index is -3.88. The van der Waals surface area contributed by atoms with Gasteiger partial charge in [0.25, 0.3) is 10.1 Å². The Balaban J connectivity index is 1.29. The summed E-state index contributed by atoms with van der Waals surface area (Å²) in [5, 5.41) is 0. The number of aryl methyl sites for hydroxylation is 1. The number of anilines is 1. The van der Waals surface area contributed by atoms with Crippen LogP contribution in [0, 0.1) is 6.92 Å². The van der Waals surface area contributed by atoms with Crippen molar-refractivity contribution in [3.05, 3.63) is 131 Å². The molecule has 40 heavy (non-hydrogen) atoms. The second kappa shape index (κ2) is 9.95. The topological polar surface area (TPSA) is 55.8 Å². The van der Waals surface area contributed by atoms with Gasteiger partial charge >= 0.3 is 0 Å². The smallest absolute Gasteiger partial charge is 0.297 e. The van der Waals surface area contributed by atoms with Gasteiger partial charge in [-0.15, -0.1) is 0 Å². The summed E-state index contributed by atoms with van der Waals surface area (Å²) in [7, 11) is -3.88. The molecule has 0 radical (unpaired) electrons. The van der Waals surface area contributed by atoms with Crippen LogP contribution in [0.25, 0.3) is 6.08 Å². The summed E-state index contributed by atoms with van der Waals surface area (Å²) < 4.78 is 38.2. The van der Waals surface area contributed by atoms with E-state index in [1.165, 1.54) is 11.1 Å². The largest absolute Gasteiger partial charge is 0.463 e. The van der Waals surface area contributed by atoms with Gasteiger partial charge in [-0.3, -0.25) is 4.18 Å². The molecule has 0 aliphatic carbocycles. The molecule has 204 valence electrons. The van der Waals surface area contributed by atoms with Gasteiger partial charge in [-0.25, -0.2) is 0 Å². The molecule has 0 saturated carbocycles. The molecule has 5 nitrogen and oxygen atoms in total. The second-order valence-electron chi connectivity index (χ2n) is 11.0.